The SMILES string of the molecule is COc1cc(N2CCC(CN3CCN(c4ccc(C5CCC(=O)NC5=O)c(OC)c4)CC3)CC2)c(-c2cnn(C)c2)cc1Nc1ncc(Cl)c(Nc2ccc(-c3ccccc3)cc2P(C)(C)=O)n1. The zero-order chi connectivity index (χ0) is 47.5. The van der Waals surface area contributed by atoms with Crippen LogP contribution in [0, 0.1) is 5.92 Å². The van der Waals surface area contributed by atoms with Gasteiger partial charge in [-0.25, -0.2) is 4.98 Å². The molecule has 1 unspecified atom stereocenters. The molecule has 2 aromatic heterocycles. The molecule has 3 aliphatic rings. The Hall–Kier alpha value is -6.41. The zero-order valence-electron chi connectivity index (χ0n) is 39.2. The van der Waals surface area contributed by atoms with Crippen molar-refractivity contribution in [1.82, 2.24) is 30.0 Å². The number of piperidine rings is 2. The molecule has 0 spiro atoms. The number of imide groups is 1. The standard InChI is InChI=1S/C51H58ClN10O5P/c1-59-32-36(29-54-59)40-27-43(56-51-53-30-41(52)49(58-51)55-42-15-11-35(25-47(42)68(4,5)65)34-9-7-6-8-10-34)46(67-3)28-44(40)62-19-17-33(18-20-62)31-60-21-23-61(24-22-60)37-12-13-38(45(26-37)66-2)39-14-16-48(63)57-50(39)64/h6-13,15,25-30,32-33,39H,14,16-24,31H2,1-5H3,(H,57,63,64)(H2,53,55,56,58). The van der Waals surface area contributed by atoms with Crippen LogP contribution in [0.4, 0.5) is 34.5 Å². The number of benzene rings is 4. The molecule has 3 N–H and O–H groups in total. The topological polar surface area (TPSA) is 159 Å². The summed E-state index contributed by atoms with van der Waals surface area (Å²) in [7, 11) is 2.49. The van der Waals surface area contributed by atoms with Gasteiger partial charge in [0.15, 0.2) is 5.82 Å². The van der Waals surface area contributed by atoms with Crippen LogP contribution >= 0.6 is 18.7 Å². The van der Waals surface area contributed by atoms with Gasteiger partial charge in [-0.05, 0) is 73.9 Å². The van der Waals surface area contributed by atoms with E-state index in [9.17, 15) is 14.2 Å². The molecule has 15 nitrogen and oxygen atoms in total. The third-order valence-corrected chi connectivity index (χ3v) is 15.1. The van der Waals surface area contributed by atoms with Crippen LogP contribution in [0.15, 0.2) is 97.5 Å². The van der Waals surface area contributed by atoms with Crippen LogP contribution in [0.3, 0.4) is 0 Å². The first-order valence-corrected chi connectivity index (χ1v) is 26.1. The maximum Gasteiger partial charge on any atom is 0.234 e. The quantitative estimate of drug-likeness (QED) is 0.0706. The van der Waals surface area contributed by atoms with E-state index >= 15 is 0 Å². The number of aromatic nitrogens is 4. The number of piperazine rings is 1. The monoisotopic (exact) mass is 956 g/mol. The smallest absolute Gasteiger partial charge is 0.234 e. The number of hydrogen-bond donors (Lipinski definition) is 3. The second-order valence-corrected chi connectivity index (χ2v) is 21.8. The lowest BCUT2D eigenvalue weighted by molar-refractivity contribution is -0.134. The Morgan fingerprint density at radius 1 is 0.794 bits per heavy atom. The van der Waals surface area contributed by atoms with Crippen LogP contribution in [0.2, 0.25) is 5.02 Å². The van der Waals surface area contributed by atoms with Gasteiger partial charge in [-0.1, -0.05) is 54.1 Å². The molecule has 3 fully saturated rings. The number of amides is 2. The van der Waals surface area contributed by atoms with E-state index in [4.69, 9.17) is 26.1 Å². The van der Waals surface area contributed by atoms with E-state index in [0.717, 1.165) is 97.8 Å². The van der Waals surface area contributed by atoms with Gasteiger partial charge in [0.1, 0.15) is 23.7 Å². The van der Waals surface area contributed by atoms with Crippen molar-refractivity contribution >= 4 is 70.4 Å². The van der Waals surface area contributed by atoms with E-state index in [1.54, 1.807) is 33.7 Å². The Labute approximate surface area is 402 Å². The highest BCUT2D eigenvalue weighted by Gasteiger charge is 2.32. The largest absolute Gasteiger partial charge is 0.496 e. The lowest BCUT2D eigenvalue weighted by Gasteiger charge is -2.40. The number of halogens is 1. The summed E-state index contributed by atoms with van der Waals surface area (Å²) in [5.41, 5.74) is 8.31. The van der Waals surface area contributed by atoms with Crippen LogP contribution in [0.25, 0.3) is 22.3 Å². The number of anilines is 6. The van der Waals surface area contributed by atoms with Crippen LogP contribution in [-0.4, -0.2) is 110 Å². The molecule has 17 heteroatoms. The highest BCUT2D eigenvalue weighted by molar-refractivity contribution is 7.70. The normalized spacial score (nSPS) is 17.2. The fraction of sp³-hybridized carbons (Fsp3) is 0.353. The summed E-state index contributed by atoms with van der Waals surface area (Å²) in [6.45, 7) is 10.1. The van der Waals surface area contributed by atoms with Gasteiger partial charge in [-0.3, -0.25) is 24.5 Å². The minimum atomic E-state index is -2.73. The van der Waals surface area contributed by atoms with Crippen molar-refractivity contribution in [1.29, 1.82) is 0 Å². The first kappa shape index (κ1) is 46.7. The third kappa shape index (κ3) is 10.3. The second kappa shape index (κ2) is 20.0. The molecule has 3 saturated heterocycles. The first-order chi connectivity index (χ1) is 32.8. The number of ether oxygens (including phenoxy) is 2. The molecule has 1 atom stereocenters. The summed E-state index contributed by atoms with van der Waals surface area (Å²) in [6.07, 6.45) is 8.39. The minimum absolute atomic E-state index is 0.221. The van der Waals surface area contributed by atoms with Crippen molar-refractivity contribution in [3.05, 3.63) is 108 Å². The number of methoxy groups -OCH3 is 2. The average Bonchev–Trinajstić information content (AvgIpc) is 3.78. The zero-order valence-corrected chi connectivity index (χ0v) is 40.8. The van der Waals surface area contributed by atoms with Gasteiger partial charge in [0.25, 0.3) is 0 Å². The molecule has 354 valence electrons. The van der Waals surface area contributed by atoms with E-state index in [1.807, 2.05) is 84.8 Å². The minimum Gasteiger partial charge on any atom is -0.496 e. The molecule has 6 aromatic rings. The summed E-state index contributed by atoms with van der Waals surface area (Å²) < 4.78 is 27.2. The molecule has 5 heterocycles. The third-order valence-electron chi connectivity index (χ3n) is 13.3. The van der Waals surface area contributed by atoms with Gasteiger partial charge < -0.3 is 34.5 Å². The Bertz CT molecular complexity index is 2860. The van der Waals surface area contributed by atoms with Crippen molar-refractivity contribution in [2.75, 3.05) is 93.8 Å². The van der Waals surface area contributed by atoms with Gasteiger partial charge in [-0.15, -0.1) is 0 Å². The number of carbonyl (C=O) groups is 2. The van der Waals surface area contributed by atoms with E-state index < -0.39 is 7.14 Å². The number of carbonyl (C=O) groups excluding carboxylic acids is 2. The van der Waals surface area contributed by atoms with Crippen molar-refractivity contribution in [3.8, 4) is 33.8 Å². The van der Waals surface area contributed by atoms with Crippen LogP contribution < -0.4 is 40.5 Å². The van der Waals surface area contributed by atoms with Crippen molar-refractivity contribution in [2.45, 2.75) is 31.6 Å². The lowest BCUT2D eigenvalue weighted by Crippen LogP contribution is -2.49. The van der Waals surface area contributed by atoms with Gasteiger partial charge >= 0.3 is 0 Å². The van der Waals surface area contributed by atoms with E-state index in [-0.39, 0.29) is 17.7 Å². The Balaban J connectivity index is 0.866. The molecule has 3 aliphatic heterocycles. The van der Waals surface area contributed by atoms with E-state index in [0.29, 0.717) is 63.7 Å². The average molecular weight is 958 g/mol. The van der Waals surface area contributed by atoms with Crippen molar-refractivity contribution in [3.63, 3.8) is 0 Å². The molecule has 9 rings (SSSR count). The van der Waals surface area contributed by atoms with Gasteiger partial charge in [0.2, 0.25) is 17.8 Å². The number of rotatable bonds is 14. The lowest BCUT2D eigenvalue weighted by atomic mass is 9.89. The fourth-order valence-electron chi connectivity index (χ4n) is 9.63. The molecular weight excluding hydrogens is 899 g/mol. The highest BCUT2D eigenvalue weighted by Crippen LogP contribution is 2.43. The Kier molecular flexibility index (Phi) is 13.8. The van der Waals surface area contributed by atoms with Crippen molar-refractivity contribution < 1.29 is 23.6 Å². The summed E-state index contributed by atoms with van der Waals surface area (Å²) in [4.78, 5) is 41.1. The van der Waals surface area contributed by atoms with Crippen LogP contribution in [0.1, 0.15) is 37.2 Å². The predicted octanol–water partition coefficient (Wildman–Crippen LogP) is 8.51. The first-order valence-electron chi connectivity index (χ1n) is 23.1. The van der Waals surface area contributed by atoms with Gasteiger partial charge in [0, 0.05) is 111 Å². The summed E-state index contributed by atoms with van der Waals surface area (Å²) >= 11 is 6.70. The van der Waals surface area contributed by atoms with E-state index in [2.05, 4.69) is 58.9 Å². The number of nitrogens with zero attached hydrogens (tertiary/aromatic N) is 7. The van der Waals surface area contributed by atoms with Gasteiger partial charge in [-0.2, -0.15) is 10.1 Å². The summed E-state index contributed by atoms with van der Waals surface area (Å²) in [6, 6.07) is 26.2. The van der Waals surface area contributed by atoms with Crippen LogP contribution in [-0.2, 0) is 21.2 Å². The second-order valence-electron chi connectivity index (χ2n) is 18.2. The molecule has 2 amide bonds. The van der Waals surface area contributed by atoms with E-state index in [1.165, 1.54) is 0 Å². The van der Waals surface area contributed by atoms with Crippen molar-refractivity contribution in [2.24, 2.45) is 13.0 Å². The highest BCUT2D eigenvalue weighted by atomic mass is 35.5. The molecule has 68 heavy (non-hydrogen) atoms. The Morgan fingerprint density at radius 3 is 2.25 bits per heavy atom. The molecule has 4 aromatic carbocycles. The maximum atomic E-state index is 13.6. The number of nitrogens with one attached hydrogen (secondary N) is 3. The Morgan fingerprint density at radius 2 is 1.56 bits per heavy atom. The molecule has 0 bridgehead atoms. The van der Waals surface area contributed by atoms with Gasteiger partial charge in [0.05, 0.1) is 43.9 Å². The maximum absolute atomic E-state index is 13.6. The van der Waals surface area contributed by atoms with Crippen LogP contribution in [0.5, 0.6) is 11.5 Å². The summed E-state index contributed by atoms with van der Waals surface area (Å²) in [5, 5.41) is 14.8. The fourth-order valence-corrected chi connectivity index (χ4v) is 10.9. The molecule has 0 radical (unpaired) electrons. The summed E-state index contributed by atoms with van der Waals surface area (Å²) in [5.74, 6) is 1.70. The molecule has 0 aliphatic carbocycles. The molecule has 0 saturated carbocycles. The number of hydrogen-bond acceptors (Lipinski definition) is 13. The predicted molar refractivity (Wildman–Crippen MR) is 271 cm³/mol. The molecular formula is C51H58ClN10O5P. The number of aryl methyl sites for hydroxylation is 1.